The molecule has 1 N–H and O–H groups in total. The minimum Gasteiger partial charge on any atom is -0.357 e. The number of aryl methyl sites for hydroxylation is 2. The zero-order valence-electron chi connectivity index (χ0n) is 14.7. The average Bonchev–Trinajstić information content (AvgIpc) is 2.98. The summed E-state index contributed by atoms with van der Waals surface area (Å²) in [6, 6.07) is 6.57. The van der Waals surface area contributed by atoms with Gasteiger partial charge in [0.05, 0.1) is 6.20 Å². The molecular formula is C18H26FN5. The minimum absolute atomic E-state index is 0.212. The van der Waals surface area contributed by atoms with E-state index in [4.69, 9.17) is 0 Å². The van der Waals surface area contributed by atoms with Crippen molar-refractivity contribution in [2.45, 2.75) is 33.4 Å². The van der Waals surface area contributed by atoms with E-state index in [-0.39, 0.29) is 5.82 Å². The van der Waals surface area contributed by atoms with Crippen LogP contribution in [0.3, 0.4) is 0 Å². The average molecular weight is 331 g/mol. The summed E-state index contributed by atoms with van der Waals surface area (Å²) in [6.45, 7) is 7.17. The first kappa shape index (κ1) is 18.0. The number of rotatable bonds is 7. The Labute approximate surface area is 143 Å². The van der Waals surface area contributed by atoms with Gasteiger partial charge >= 0.3 is 0 Å². The van der Waals surface area contributed by atoms with Gasteiger partial charge in [-0.15, -0.1) is 0 Å². The van der Waals surface area contributed by atoms with E-state index in [1.807, 2.05) is 38.0 Å². The van der Waals surface area contributed by atoms with Crippen molar-refractivity contribution < 1.29 is 4.39 Å². The molecule has 0 saturated heterocycles. The largest absolute Gasteiger partial charge is 0.357 e. The molecule has 1 heterocycles. The zero-order chi connectivity index (χ0) is 17.4. The molecule has 1 aromatic heterocycles. The standard InChI is InChI=1S/C18H26FN5/c1-4-20-18(21-10-5-11-24-13-15(2)12-22-24)23(3)14-16-6-8-17(19)9-7-16/h6-9,12-13H,4-5,10-11,14H2,1-3H3,(H,20,21). The third kappa shape index (κ3) is 5.68. The fraction of sp³-hybridized carbons (Fsp3) is 0.444. The number of nitrogens with one attached hydrogen (secondary N) is 1. The van der Waals surface area contributed by atoms with Crippen LogP contribution in [0.4, 0.5) is 4.39 Å². The van der Waals surface area contributed by atoms with E-state index in [1.54, 1.807) is 12.1 Å². The van der Waals surface area contributed by atoms with Gasteiger partial charge in [0.2, 0.25) is 0 Å². The van der Waals surface area contributed by atoms with Gasteiger partial charge in [-0.2, -0.15) is 5.10 Å². The first-order valence-corrected chi connectivity index (χ1v) is 8.31. The lowest BCUT2D eigenvalue weighted by Gasteiger charge is -2.22. The molecule has 24 heavy (non-hydrogen) atoms. The Bertz CT molecular complexity index is 648. The third-order valence-corrected chi connectivity index (χ3v) is 3.60. The normalized spacial score (nSPS) is 11.6. The first-order valence-electron chi connectivity index (χ1n) is 8.31. The van der Waals surface area contributed by atoms with Crippen LogP contribution in [0.15, 0.2) is 41.7 Å². The highest BCUT2D eigenvalue weighted by atomic mass is 19.1. The van der Waals surface area contributed by atoms with Crippen LogP contribution >= 0.6 is 0 Å². The molecule has 2 aromatic rings. The molecule has 6 heteroatoms. The van der Waals surface area contributed by atoms with Gasteiger partial charge in [0.25, 0.3) is 0 Å². The van der Waals surface area contributed by atoms with Crippen LogP contribution in [0.25, 0.3) is 0 Å². The molecule has 1 aromatic carbocycles. The fourth-order valence-electron chi connectivity index (χ4n) is 2.42. The van der Waals surface area contributed by atoms with Gasteiger partial charge in [-0.1, -0.05) is 12.1 Å². The third-order valence-electron chi connectivity index (χ3n) is 3.60. The fourth-order valence-corrected chi connectivity index (χ4v) is 2.42. The van der Waals surface area contributed by atoms with Gasteiger partial charge in [0, 0.05) is 39.4 Å². The second-order valence-electron chi connectivity index (χ2n) is 5.85. The predicted molar refractivity (Wildman–Crippen MR) is 95.4 cm³/mol. The smallest absolute Gasteiger partial charge is 0.193 e. The number of benzene rings is 1. The lowest BCUT2D eigenvalue weighted by molar-refractivity contribution is 0.474. The Balaban J connectivity index is 1.87. The number of aromatic nitrogens is 2. The van der Waals surface area contributed by atoms with Crippen molar-refractivity contribution in [2.24, 2.45) is 4.99 Å². The van der Waals surface area contributed by atoms with Crippen molar-refractivity contribution in [1.82, 2.24) is 20.0 Å². The summed E-state index contributed by atoms with van der Waals surface area (Å²) in [6.07, 6.45) is 4.83. The predicted octanol–water partition coefficient (Wildman–Crippen LogP) is 2.82. The molecule has 0 bridgehead atoms. The Morgan fingerprint density at radius 2 is 2.08 bits per heavy atom. The number of halogens is 1. The van der Waals surface area contributed by atoms with Crippen molar-refractivity contribution in [3.8, 4) is 0 Å². The van der Waals surface area contributed by atoms with E-state index < -0.39 is 0 Å². The number of aliphatic imine (C=N–C) groups is 1. The molecule has 0 spiro atoms. The molecule has 5 nitrogen and oxygen atoms in total. The summed E-state index contributed by atoms with van der Waals surface area (Å²) in [5.74, 6) is 0.648. The van der Waals surface area contributed by atoms with E-state index in [0.29, 0.717) is 6.54 Å². The minimum atomic E-state index is -0.212. The molecule has 0 amide bonds. The summed E-state index contributed by atoms with van der Waals surface area (Å²) in [4.78, 5) is 6.72. The molecule has 0 radical (unpaired) electrons. The highest BCUT2D eigenvalue weighted by Crippen LogP contribution is 2.06. The molecule has 0 aliphatic rings. The molecule has 0 atom stereocenters. The molecule has 0 fully saturated rings. The van der Waals surface area contributed by atoms with E-state index in [1.165, 1.54) is 17.7 Å². The van der Waals surface area contributed by atoms with Crippen LogP contribution in [-0.2, 0) is 13.1 Å². The maximum Gasteiger partial charge on any atom is 0.193 e. The Hall–Kier alpha value is -2.37. The highest BCUT2D eigenvalue weighted by Gasteiger charge is 2.06. The quantitative estimate of drug-likeness (QED) is 0.482. The maximum atomic E-state index is 13.0. The SMILES string of the molecule is CCNC(=NCCCn1cc(C)cn1)N(C)Cc1ccc(F)cc1. The summed E-state index contributed by atoms with van der Waals surface area (Å²) in [5, 5.41) is 7.57. The van der Waals surface area contributed by atoms with Gasteiger partial charge in [-0.05, 0) is 43.5 Å². The Morgan fingerprint density at radius 1 is 1.33 bits per heavy atom. The lowest BCUT2D eigenvalue weighted by atomic mass is 10.2. The van der Waals surface area contributed by atoms with Gasteiger partial charge in [-0.25, -0.2) is 4.39 Å². The van der Waals surface area contributed by atoms with Crippen molar-refractivity contribution >= 4 is 5.96 Å². The van der Waals surface area contributed by atoms with Gasteiger partial charge < -0.3 is 10.2 Å². The second-order valence-corrected chi connectivity index (χ2v) is 5.85. The lowest BCUT2D eigenvalue weighted by Crippen LogP contribution is -2.38. The molecule has 0 unspecified atom stereocenters. The number of hydrogen-bond donors (Lipinski definition) is 1. The highest BCUT2D eigenvalue weighted by molar-refractivity contribution is 5.79. The first-order chi connectivity index (χ1) is 11.6. The van der Waals surface area contributed by atoms with Crippen LogP contribution in [0.1, 0.15) is 24.5 Å². The number of hydrogen-bond acceptors (Lipinski definition) is 2. The molecule has 0 saturated carbocycles. The maximum absolute atomic E-state index is 13.0. The van der Waals surface area contributed by atoms with Crippen LogP contribution < -0.4 is 5.32 Å². The van der Waals surface area contributed by atoms with Crippen LogP contribution in [0, 0.1) is 12.7 Å². The summed E-state index contributed by atoms with van der Waals surface area (Å²) in [5.41, 5.74) is 2.22. The molecular weight excluding hydrogens is 305 g/mol. The van der Waals surface area contributed by atoms with Crippen LogP contribution in [-0.4, -0.2) is 40.8 Å². The molecule has 0 aliphatic heterocycles. The zero-order valence-corrected chi connectivity index (χ0v) is 14.7. The van der Waals surface area contributed by atoms with Crippen molar-refractivity contribution in [2.75, 3.05) is 20.1 Å². The van der Waals surface area contributed by atoms with E-state index >= 15 is 0 Å². The topological polar surface area (TPSA) is 45.5 Å². The molecule has 130 valence electrons. The van der Waals surface area contributed by atoms with Crippen molar-refractivity contribution in [3.05, 3.63) is 53.6 Å². The van der Waals surface area contributed by atoms with E-state index in [2.05, 4.69) is 20.3 Å². The van der Waals surface area contributed by atoms with Crippen molar-refractivity contribution in [1.29, 1.82) is 0 Å². The summed E-state index contributed by atoms with van der Waals surface area (Å²) < 4.78 is 14.9. The number of nitrogens with zero attached hydrogens (tertiary/aromatic N) is 4. The Morgan fingerprint density at radius 3 is 2.71 bits per heavy atom. The number of guanidine groups is 1. The summed E-state index contributed by atoms with van der Waals surface area (Å²) in [7, 11) is 1.99. The van der Waals surface area contributed by atoms with Gasteiger partial charge in [0.15, 0.2) is 5.96 Å². The Kier molecular flexibility index (Phi) is 6.78. The van der Waals surface area contributed by atoms with Gasteiger partial charge in [0.1, 0.15) is 5.82 Å². The van der Waals surface area contributed by atoms with Gasteiger partial charge in [-0.3, -0.25) is 9.67 Å². The monoisotopic (exact) mass is 331 g/mol. The van der Waals surface area contributed by atoms with Crippen molar-refractivity contribution in [3.63, 3.8) is 0 Å². The molecule has 2 rings (SSSR count). The molecule has 0 aliphatic carbocycles. The van der Waals surface area contributed by atoms with Crippen LogP contribution in [0.5, 0.6) is 0 Å². The summed E-state index contributed by atoms with van der Waals surface area (Å²) >= 11 is 0. The van der Waals surface area contributed by atoms with Crippen LogP contribution in [0.2, 0.25) is 0 Å². The van der Waals surface area contributed by atoms with E-state index in [0.717, 1.165) is 37.6 Å². The second kappa shape index (κ2) is 9.05. The van der Waals surface area contributed by atoms with E-state index in [9.17, 15) is 4.39 Å².